The van der Waals surface area contributed by atoms with Crippen LogP contribution in [-0.4, -0.2) is 40.7 Å². The summed E-state index contributed by atoms with van der Waals surface area (Å²) in [6.07, 6.45) is 2.80. The second-order valence-electron chi connectivity index (χ2n) is 6.61. The first-order valence-corrected chi connectivity index (χ1v) is 9.90. The SMILES string of the molecule is CCOC(=O)CNC(=O)N(Cc1cccn1Cc1cccc(Cl)c1)[C@H](C)CC. The highest BCUT2D eigenvalue weighted by molar-refractivity contribution is 6.30. The Morgan fingerprint density at radius 1 is 1.25 bits per heavy atom. The van der Waals surface area contributed by atoms with Crippen LogP contribution in [0.1, 0.15) is 38.4 Å². The van der Waals surface area contributed by atoms with E-state index in [2.05, 4.69) is 9.88 Å². The highest BCUT2D eigenvalue weighted by Crippen LogP contribution is 2.16. The van der Waals surface area contributed by atoms with E-state index in [0.29, 0.717) is 24.7 Å². The average Bonchev–Trinajstić information content (AvgIpc) is 3.10. The number of carbonyl (C=O) groups excluding carboxylic acids is 2. The van der Waals surface area contributed by atoms with Crippen molar-refractivity contribution in [1.82, 2.24) is 14.8 Å². The van der Waals surface area contributed by atoms with Crippen LogP contribution in [0, 0.1) is 0 Å². The largest absolute Gasteiger partial charge is 0.465 e. The molecule has 0 saturated heterocycles. The van der Waals surface area contributed by atoms with Gasteiger partial charge in [-0.2, -0.15) is 0 Å². The Bertz CT molecular complexity index is 791. The van der Waals surface area contributed by atoms with Gasteiger partial charge in [-0.05, 0) is 50.1 Å². The van der Waals surface area contributed by atoms with E-state index in [1.54, 1.807) is 11.8 Å². The summed E-state index contributed by atoms with van der Waals surface area (Å²) in [5.41, 5.74) is 2.10. The summed E-state index contributed by atoms with van der Waals surface area (Å²) in [4.78, 5) is 26.0. The molecule has 0 saturated carbocycles. The van der Waals surface area contributed by atoms with Crippen molar-refractivity contribution in [3.8, 4) is 0 Å². The molecule has 1 aromatic heterocycles. The molecule has 152 valence electrons. The minimum atomic E-state index is -0.440. The van der Waals surface area contributed by atoms with Gasteiger partial charge in [-0.15, -0.1) is 0 Å². The molecule has 1 N–H and O–H groups in total. The second kappa shape index (κ2) is 10.8. The molecule has 1 atom stereocenters. The minimum absolute atomic E-state index is 0.0247. The van der Waals surface area contributed by atoms with E-state index in [1.165, 1.54) is 0 Å². The number of urea groups is 1. The number of amides is 2. The molecule has 2 aromatic rings. The van der Waals surface area contributed by atoms with Crippen LogP contribution in [0.5, 0.6) is 0 Å². The van der Waals surface area contributed by atoms with Crippen LogP contribution in [0.15, 0.2) is 42.6 Å². The zero-order valence-electron chi connectivity index (χ0n) is 16.7. The van der Waals surface area contributed by atoms with E-state index in [-0.39, 0.29) is 18.6 Å². The summed E-state index contributed by atoms with van der Waals surface area (Å²) in [7, 11) is 0. The molecule has 7 heteroatoms. The fraction of sp³-hybridized carbons (Fsp3) is 0.429. The van der Waals surface area contributed by atoms with Gasteiger partial charge in [0.15, 0.2) is 0 Å². The molecule has 1 aromatic carbocycles. The van der Waals surface area contributed by atoms with Crippen molar-refractivity contribution in [3.63, 3.8) is 0 Å². The topological polar surface area (TPSA) is 63.6 Å². The second-order valence-corrected chi connectivity index (χ2v) is 7.04. The summed E-state index contributed by atoms with van der Waals surface area (Å²) in [6.45, 7) is 7.03. The molecule has 0 unspecified atom stereocenters. The minimum Gasteiger partial charge on any atom is -0.465 e. The molecule has 2 amide bonds. The molecule has 0 fully saturated rings. The van der Waals surface area contributed by atoms with E-state index in [9.17, 15) is 9.59 Å². The Kier molecular flexibility index (Phi) is 8.39. The van der Waals surface area contributed by atoms with E-state index in [0.717, 1.165) is 17.7 Å². The first kappa shape index (κ1) is 21.8. The molecule has 1 heterocycles. The Morgan fingerprint density at radius 3 is 2.71 bits per heavy atom. The van der Waals surface area contributed by atoms with Crippen LogP contribution < -0.4 is 5.32 Å². The third-order valence-corrected chi connectivity index (χ3v) is 4.81. The average molecular weight is 406 g/mol. The molecular formula is C21H28ClN3O3. The maximum atomic E-state index is 12.7. The predicted octanol–water partition coefficient (Wildman–Crippen LogP) is 4.06. The molecule has 0 spiro atoms. The normalized spacial score (nSPS) is 11.7. The first-order valence-electron chi connectivity index (χ1n) is 9.53. The number of halogens is 1. The Balaban J connectivity index is 2.09. The Morgan fingerprint density at radius 2 is 2.04 bits per heavy atom. The van der Waals surface area contributed by atoms with Crippen molar-refractivity contribution in [2.45, 2.75) is 46.3 Å². The third kappa shape index (κ3) is 6.30. The van der Waals surface area contributed by atoms with Crippen molar-refractivity contribution in [3.05, 3.63) is 58.9 Å². The van der Waals surface area contributed by atoms with Gasteiger partial charge in [0.2, 0.25) is 0 Å². The molecule has 0 aliphatic rings. The number of rotatable bonds is 9. The number of benzene rings is 1. The fourth-order valence-electron chi connectivity index (χ4n) is 2.86. The van der Waals surface area contributed by atoms with Crippen molar-refractivity contribution in [2.75, 3.05) is 13.2 Å². The van der Waals surface area contributed by atoms with Crippen LogP contribution in [0.4, 0.5) is 4.79 Å². The lowest BCUT2D eigenvalue weighted by Gasteiger charge is -2.29. The highest BCUT2D eigenvalue weighted by atomic mass is 35.5. The number of esters is 1. The number of ether oxygens (including phenoxy) is 1. The van der Waals surface area contributed by atoms with Crippen LogP contribution in [0.25, 0.3) is 0 Å². The molecule has 0 bridgehead atoms. The van der Waals surface area contributed by atoms with Gasteiger partial charge in [0.1, 0.15) is 6.54 Å². The predicted molar refractivity (Wildman–Crippen MR) is 110 cm³/mol. The molecule has 2 rings (SSSR count). The van der Waals surface area contributed by atoms with Gasteiger partial charge in [-0.3, -0.25) is 4.79 Å². The summed E-state index contributed by atoms with van der Waals surface area (Å²) in [6, 6.07) is 11.4. The first-order chi connectivity index (χ1) is 13.4. The van der Waals surface area contributed by atoms with Gasteiger partial charge in [0.05, 0.1) is 13.2 Å². The lowest BCUT2D eigenvalue weighted by molar-refractivity contribution is -0.141. The lowest BCUT2D eigenvalue weighted by atomic mass is 10.2. The van der Waals surface area contributed by atoms with E-state index in [4.69, 9.17) is 16.3 Å². The van der Waals surface area contributed by atoms with Gasteiger partial charge in [-0.1, -0.05) is 30.7 Å². The molecule has 0 aliphatic heterocycles. The Labute approximate surface area is 171 Å². The number of nitrogens with one attached hydrogen (secondary N) is 1. The van der Waals surface area contributed by atoms with E-state index >= 15 is 0 Å². The van der Waals surface area contributed by atoms with Gasteiger partial charge < -0.3 is 19.5 Å². The van der Waals surface area contributed by atoms with Crippen molar-refractivity contribution in [1.29, 1.82) is 0 Å². The van der Waals surface area contributed by atoms with Crippen LogP contribution in [0.2, 0.25) is 5.02 Å². The van der Waals surface area contributed by atoms with Gasteiger partial charge in [-0.25, -0.2) is 4.79 Å². The van der Waals surface area contributed by atoms with Crippen molar-refractivity contribution >= 4 is 23.6 Å². The molecular weight excluding hydrogens is 378 g/mol. The lowest BCUT2D eigenvalue weighted by Crippen LogP contribution is -2.46. The number of hydrogen-bond acceptors (Lipinski definition) is 3. The monoisotopic (exact) mass is 405 g/mol. The number of hydrogen-bond donors (Lipinski definition) is 1. The van der Waals surface area contributed by atoms with Crippen molar-refractivity contribution in [2.24, 2.45) is 0 Å². The molecule has 0 aliphatic carbocycles. The third-order valence-electron chi connectivity index (χ3n) is 4.57. The van der Waals surface area contributed by atoms with Gasteiger partial charge in [0, 0.05) is 29.5 Å². The molecule has 6 nitrogen and oxygen atoms in total. The van der Waals surface area contributed by atoms with Gasteiger partial charge >= 0.3 is 12.0 Å². The number of nitrogens with zero attached hydrogens (tertiary/aromatic N) is 2. The standard InChI is InChI=1S/C21H28ClN3O3/c1-4-16(3)25(21(27)23-13-20(26)28-5-2)15-19-10-7-11-24(19)14-17-8-6-9-18(22)12-17/h6-12,16H,4-5,13-15H2,1-3H3,(H,23,27)/t16-/m1/s1. The zero-order chi connectivity index (χ0) is 20.5. The van der Waals surface area contributed by atoms with Crippen LogP contribution in [-0.2, 0) is 22.6 Å². The van der Waals surface area contributed by atoms with Crippen molar-refractivity contribution < 1.29 is 14.3 Å². The number of carbonyl (C=O) groups is 2. The van der Waals surface area contributed by atoms with Gasteiger partial charge in [0.25, 0.3) is 0 Å². The maximum Gasteiger partial charge on any atom is 0.325 e. The highest BCUT2D eigenvalue weighted by Gasteiger charge is 2.21. The smallest absolute Gasteiger partial charge is 0.325 e. The summed E-state index contributed by atoms with van der Waals surface area (Å²) in [5.74, 6) is -0.440. The zero-order valence-corrected chi connectivity index (χ0v) is 17.4. The quantitative estimate of drug-likeness (QED) is 0.640. The summed E-state index contributed by atoms with van der Waals surface area (Å²) >= 11 is 6.09. The fourth-order valence-corrected chi connectivity index (χ4v) is 3.08. The van der Waals surface area contributed by atoms with E-state index in [1.807, 2.05) is 56.4 Å². The van der Waals surface area contributed by atoms with Crippen LogP contribution >= 0.6 is 11.6 Å². The summed E-state index contributed by atoms with van der Waals surface area (Å²) < 4.78 is 6.97. The maximum absolute atomic E-state index is 12.7. The molecule has 28 heavy (non-hydrogen) atoms. The molecule has 0 radical (unpaired) electrons. The summed E-state index contributed by atoms with van der Waals surface area (Å²) in [5, 5.41) is 3.36. The van der Waals surface area contributed by atoms with E-state index < -0.39 is 5.97 Å². The Hall–Kier alpha value is -2.47. The number of aromatic nitrogens is 1. The van der Waals surface area contributed by atoms with Crippen LogP contribution in [0.3, 0.4) is 0 Å².